The number of ether oxygens (including phenoxy) is 1. The Morgan fingerprint density at radius 1 is 1.21 bits per heavy atom. The van der Waals surface area contributed by atoms with E-state index in [2.05, 4.69) is 4.98 Å². The zero-order valence-corrected chi connectivity index (χ0v) is 16.1. The number of morpholine rings is 1. The van der Waals surface area contributed by atoms with Gasteiger partial charge in [0.2, 0.25) is 11.8 Å². The van der Waals surface area contributed by atoms with Gasteiger partial charge in [0.1, 0.15) is 11.8 Å². The van der Waals surface area contributed by atoms with E-state index in [-0.39, 0.29) is 18.2 Å². The molecule has 2 amide bonds. The van der Waals surface area contributed by atoms with E-state index in [1.54, 1.807) is 30.2 Å². The minimum Gasteiger partial charge on any atom is -0.459 e. The Morgan fingerprint density at radius 3 is 2.79 bits per heavy atom. The largest absolute Gasteiger partial charge is 0.459 e. The molecule has 0 radical (unpaired) electrons. The van der Waals surface area contributed by atoms with Crippen molar-refractivity contribution < 1.29 is 23.2 Å². The van der Waals surface area contributed by atoms with Crippen LogP contribution in [0.2, 0.25) is 0 Å². The quantitative estimate of drug-likeness (QED) is 0.797. The van der Waals surface area contributed by atoms with Gasteiger partial charge in [-0.05, 0) is 38.3 Å². The van der Waals surface area contributed by atoms with Crippen molar-refractivity contribution >= 4 is 11.8 Å². The average Bonchev–Trinajstić information content (AvgIpc) is 3.38. The van der Waals surface area contributed by atoms with Crippen LogP contribution in [-0.4, -0.2) is 65.5 Å². The monoisotopic (exact) mass is 387 g/mol. The first-order valence-corrected chi connectivity index (χ1v) is 9.79. The van der Waals surface area contributed by atoms with Crippen LogP contribution in [0.5, 0.6) is 0 Å². The number of piperidine rings is 1. The van der Waals surface area contributed by atoms with Gasteiger partial charge in [0.25, 0.3) is 5.89 Å². The summed E-state index contributed by atoms with van der Waals surface area (Å²) in [6, 6.07) is 3.13. The van der Waals surface area contributed by atoms with E-state index in [1.165, 1.54) is 0 Å². The van der Waals surface area contributed by atoms with Crippen molar-refractivity contribution in [3.8, 4) is 11.7 Å². The maximum absolute atomic E-state index is 13.0. The summed E-state index contributed by atoms with van der Waals surface area (Å²) in [5.41, 5.74) is 0.583. The first-order valence-electron chi connectivity index (χ1n) is 9.79. The second-order valence-corrected chi connectivity index (χ2v) is 7.21. The van der Waals surface area contributed by atoms with Crippen molar-refractivity contribution in [2.75, 3.05) is 32.8 Å². The zero-order chi connectivity index (χ0) is 19.5. The third kappa shape index (κ3) is 3.82. The summed E-state index contributed by atoms with van der Waals surface area (Å²) in [5, 5.41) is 0. The molecule has 0 spiro atoms. The van der Waals surface area contributed by atoms with E-state index in [4.69, 9.17) is 13.6 Å². The normalized spacial score (nSPS) is 20.4. The van der Waals surface area contributed by atoms with Crippen molar-refractivity contribution in [3.63, 3.8) is 0 Å². The number of nitrogens with zero attached hydrogens (tertiary/aromatic N) is 3. The lowest BCUT2D eigenvalue weighted by Gasteiger charge is -2.38. The molecule has 2 saturated heterocycles. The minimum atomic E-state index is -0.392. The predicted octanol–water partition coefficient (Wildman–Crippen LogP) is 2.03. The molecule has 0 saturated carbocycles. The van der Waals surface area contributed by atoms with Gasteiger partial charge in [-0.15, -0.1) is 0 Å². The lowest BCUT2D eigenvalue weighted by Crippen LogP contribution is -2.55. The van der Waals surface area contributed by atoms with Crippen molar-refractivity contribution in [1.29, 1.82) is 0 Å². The highest BCUT2D eigenvalue weighted by Gasteiger charge is 2.35. The molecule has 2 aromatic heterocycles. The molecule has 2 aromatic rings. The van der Waals surface area contributed by atoms with Crippen LogP contribution >= 0.6 is 0 Å². The van der Waals surface area contributed by atoms with Crippen LogP contribution in [0.3, 0.4) is 0 Å². The number of likely N-dealkylation sites (tertiary alicyclic amines) is 1. The van der Waals surface area contributed by atoms with Crippen molar-refractivity contribution in [2.24, 2.45) is 0 Å². The zero-order valence-electron chi connectivity index (χ0n) is 16.1. The molecule has 2 aliphatic rings. The second kappa shape index (κ2) is 8.18. The fraction of sp³-hybridized carbons (Fsp3) is 0.550. The first-order chi connectivity index (χ1) is 13.6. The topological polar surface area (TPSA) is 89.0 Å². The molecule has 0 bridgehead atoms. The molecule has 8 heteroatoms. The summed E-state index contributed by atoms with van der Waals surface area (Å²) < 4.78 is 16.3. The van der Waals surface area contributed by atoms with E-state index >= 15 is 0 Å². The molecule has 0 aliphatic carbocycles. The number of aromatic nitrogens is 1. The van der Waals surface area contributed by atoms with Gasteiger partial charge in [-0.2, -0.15) is 0 Å². The molecule has 0 aromatic carbocycles. The van der Waals surface area contributed by atoms with Gasteiger partial charge in [-0.3, -0.25) is 9.59 Å². The van der Waals surface area contributed by atoms with E-state index in [0.717, 1.165) is 12.8 Å². The molecule has 1 atom stereocenters. The highest BCUT2D eigenvalue weighted by Crippen LogP contribution is 2.24. The van der Waals surface area contributed by atoms with E-state index in [0.29, 0.717) is 62.4 Å². The Morgan fingerprint density at radius 2 is 2.04 bits per heavy atom. The molecule has 0 N–H and O–H groups in total. The Hall–Kier alpha value is -2.61. The van der Waals surface area contributed by atoms with E-state index in [1.807, 2.05) is 4.90 Å². The number of furan rings is 1. The van der Waals surface area contributed by atoms with Crippen LogP contribution in [0, 0.1) is 6.92 Å². The molecule has 0 unspecified atom stereocenters. The number of carbonyl (C=O) groups is 2. The molecular weight excluding hydrogens is 362 g/mol. The van der Waals surface area contributed by atoms with Crippen LogP contribution in [0.4, 0.5) is 0 Å². The standard InChI is InChI=1S/C20H25N3O5/c1-14-15(21-19(28-14)17-6-4-10-27-17)13-18(24)23-7-3-2-5-16(23)20(25)22-8-11-26-12-9-22/h4,6,10,16H,2-3,5,7-9,11-13H2,1H3/t16-/m0/s1. The number of aryl methyl sites for hydroxylation is 1. The lowest BCUT2D eigenvalue weighted by molar-refractivity contribution is -0.149. The average molecular weight is 387 g/mol. The van der Waals surface area contributed by atoms with Gasteiger partial charge >= 0.3 is 0 Å². The maximum atomic E-state index is 13.0. The highest BCUT2D eigenvalue weighted by molar-refractivity contribution is 5.88. The third-order valence-corrected chi connectivity index (χ3v) is 5.37. The van der Waals surface area contributed by atoms with Crippen LogP contribution in [-0.2, 0) is 20.7 Å². The molecule has 4 rings (SSSR count). The summed E-state index contributed by atoms with van der Waals surface area (Å²) in [7, 11) is 0. The van der Waals surface area contributed by atoms with E-state index < -0.39 is 6.04 Å². The molecule has 8 nitrogen and oxygen atoms in total. The van der Waals surface area contributed by atoms with Gasteiger partial charge in [0.05, 0.1) is 31.6 Å². The lowest BCUT2D eigenvalue weighted by atomic mass is 9.99. The van der Waals surface area contributed by atoms with Crippen LogP contribution in [0.1, 0.15) is 30.7 Å². The van der Waals surface area contributed by atoms with Gasteiger partial charge < -0.3 is 23.4 Å². The van der Waals surface area contributed by atoms with Crippen molar-refractivity contribution in [2.45, 2.75) is 38.6 Å². The smallest absolute Gasteiger partial charge is 0.263 e. The fourth-order valence-electron chi connectivity index (χ4n) is 3.82. The van der Waals surface area contributed by atoms with Gasteiger partial charge in [-0.1, -0.05) is 0 Å². The second-order valence-electron chi connectivity index (χ2n) is 7.21. The number of carbonyl (C=O) groups excluding carboxylic acids is 2. The number of rotatable bonds is 4. The fourth-order valence-corrected chi connectivity index (χ4v) is 3.82. The van der Waals surface area contributed by atoms with Crippen molar-refractivity contribution in [3.05, 3.63) is 29.9 Å². The Labute approximate surface area is 163 Å². The summed E-state index contributed by atoms with van der Waals surface area (Å²) in [6.45, 7) is 4.68. The van der Waals surface area contributed by atoms with Crippen LogP contribution in [0.15, 0.2) is 27.2 Å². The number of hydrogen-bond acceptors (Lipinski definition) is 6. The summed E-state index contributed by atoms with van der Waals surface area (Å²) in [4.78, 5) is 34.0. The number of oxazole rings is 1. The molecule has 4 heterocycles. The summed E-state index contributed by atoms with van der Waals surface area (Å²) >= 11 is 0. The predicted molar refractivity (Wildman–Crippen MR) is 99.4 cm³/mol. The summed E-state index contributed by atoms with van der Waals surface area (Å²) in [6.07, 6.45) is 4.24. The maximum Gasteiger partial charge on any atom is 0.263 e. The molecule has 28 heavy (non-hydrogen) atoms. The highest BCUT2D eigenvalue weighted by atomic mass is 16.5. The molecule has 2 aliphatic heterocycles. The molecule has 2 fully saturated rings. The van der Waals surface area contributed by atoms with Crippen LogP contribution in [0.25, 0.3) is 11.7 Å². The third-order valence-electron chi connectivity index (χ3n) is 5.37. The van der Waals surface area contributed by atoms with Crippen molar-refractivity contribution in [1.82, 2.24) is 14.8 Å². The Balaban J connectivity index is 1.47. The Bertz CT molecular complexity index is 823. The Kier molecular flexibility index (Phi) is 5.47. The number of hydrogen-bond donors (Lipinski definition) is 0. The first kappa shape index (κ1) is 18.7. The van der Waals surface area contributed by atoms with Gasteiger partial charge in [0, 0.05) is 19.6 Å². The van der Waals surface area contributed by atoms with Crippen LogP contribution < -0.4 is 0 Å². The van der Waals surface area contributed by atoms with Gasteiger partial charge in [-0.25, -0.2) is 4.98 Å². The molecule has 150 valence electrons. The molecular formula is C20H25N3O5. The SMILES string of the molecule is Cc1oc(-c2ccco2)nc1CC(=O)N1CCCC[C@H]1C(=O)N1CCOCC1. The number of amides is 2. The minimum absolute atomic E-state index is 0.0319. The summed E-state index contributed by atoms with van der Waals surface area (Å²) in [5.74, 6) is 1.43. The van der Waals surface area contributed by atoms with E-state index in [9.17, 15) is 9.59 Å². The van der Waals surface area contributed by atoms with Gasteiger partial charge in [0.15, 0.2) is 5.76 Å².